The van der Waals surface area contributed by atoms with Crippen LogP contribution in [0.15, 0.2) is 24.3 Å². The van der Waals surface area contributed by atoms with E-state index in [0.717, 1.165) is 11.3 Å². The van der Waals surface area contributed by atoms with Gasteiger partial charge in [-0.3, -0.25) is 4.79 Å². The molecule has 0 amide bonds. The summed E-state index contributed by atoms with van der Waals surface area (Å²) in [5.41, 5.74) is 2.03. The molecule has 1 unspecified atom stereocenters. The first-order chi connectivity index (χ1) is 7.18. The van der Waals surface area contributed by atoms with Crippen LogP contribution in [0.4, 0.5) is 5.69 Å². The molecule has 15 heavy (non-hydrogen) atoms. The number of aliphatic carboxylic acids is 1. The predicted molar refractivity (Wildman–Crippen MR) is 54.9 cm³/mol. The summed E-state index contributed by atoms with van der Waals surface area (Å²) >= 11 is 0. The fourth-order valence-corrected chi connectivity index (χ4v) is 1.85. The molecule has 0 spiro atoms. The van der Waals surface area contributed by atoms with Crippen LogP contribution >= 0.6 is 0 Å². The number of benzene rings is 1. The number of carbonyl (C=O) groups excluding carboxylic acids is 1. The predicted octanol–water partition coefficient (Wildman–Crippen LogP) is 1.24. The molecule has 4 heteroatoms. The van der Waals surface area contributed by atoms with Crippen molar-refractivity contribution < 1.29 is 14.7 Å². The Morgan fingerprint density at radius 1 is 1.40 bits per heavy atom. The number of hydrogen-bond acceptors (Lipinski definition) is 3. The molecule has 78 valence electrons. The zero-order valence-corrected chi connectivity index (χ0v) is 8.06. The molecule has 1 aliphatic heterocycles. The van der Waals surface area contributed by atoms with Gasteiger partial charge in [-0.2, -0.15) is 0 Å². The molecule has 1 aliphatic rings. The van der Waals surface area contributed by atoms with E-state index in [0.29, 0.717) is 6.54 Å². The van der Waals surface area contributed by atoms with Crippen LogP contribution in [0.25, 0.3) is 0 Å². The lowest BCUT2D eigenvalue weighted by molar-refractivity contribution is -0.149. The topological polar surface area (TPSA) is 66.4 Å². The van der Waals surface area contributed by atoms with Gasteiger partial charge in [-0.1, -0.05) is 18.2 Å². The van der Waals surface area contributed by atoms with Crippen LogP contribution in [-0.2, 0) is 9.59 Å². The Labute approximate surface area is 86.9 Å². The second-order valence-corrected chi connectivity index (χ2v) is 3.60. The minimum Gasteiger partial charge on any atom is -0.476 e. The minimum absolute atomic E-state index is 0.00944. The highest BCUT2D eigenvalue weighted by Crippen LogP contribution is 2.33. The van der Waals surface area contributed by atoms with Gasteiger partial charge in [0.15, 0.2) is 0 Å². The Bertz CT molecular complexity index is 414. The van der Waals surface area contributed by atoms with Gasteiger partial charge in [0.2, 0.25) is 5.78 Å². The van der Waals surface area contributed by atoms with Gasteiger partial charge in [-0.15, -0.1) is 0 Å². The van der Waals surface area contributed by atoms with E-state index in [9.17, 15) is 9.59 Å². The van der Waals surface area contributed by atoms with Gasteiger partial charge < -0.3 is 10.4 Å². The minimum atomic E-state index is -1.35. The molecule has 1 atom stereocenters. The highest BCUT2D eigenvalue weighted by atomic mass is 16.4. The average Bonchev–Trinajstić information content (AvgIpc) is 2.62. The molecule has 0 aromatic heterocycles. The molecular weight excluding hydrogens is 194 g/mol. The largest absolute Gasteiger partial charge is 0.476 e. The number of carboxylic acids is 1. The Morgan fingerprint density at radius 2 is 2.13 bits per heavy atom. The highest BCUT2D eigenvalue weighted by Gasteiger charge is 2.26. The van der Waals surface area contributed by atoms with Crippen LogP contribution in [0.5, 0.6) is 0 Å². The van der Waals surface area contributed by atoms with E-state index in [1.165, 1.54) is 0 Å². The van der Waals surface area contributed by atoms with Crippen LogP contribution in [0, 0.1) is 0 Å². The lowest BCUT2D eigenvalue weighted by Crippen LogP contribution is -2.17. The lowest BCUT2D eigenvalue weighted by Gasteiger charge is -2.06. The number of anilines is 1. The van der Waals surface area contributed by atoms with Gasteiger partial charge >= 0.3 is 5.97 Å². The molecule has 2 rings (SSSR count). The van der Waals surface area contributed by atoms with Crippen molar-refractivity contribution in [2.75, 3.05) is 11.9 Å². The summed E-state index contributed by atoms with van der Waals surface area (Å²) in [5, 5.41) is 11.7. The quantitative estimate of drug-likeness (QED) is 0.728. The number of ketones is 1. The number of para-hydroxylation sites is 1. The molecule has 2 N–H and O–H groups in total. The normalized spacial score (nSPS) is 18.0. The number of nitrogens with one attached hydrogen (secondary N) is 1. The summed E-state index contributed by atoms with van der Waals surface area (Å²) in [6.45, 7) is 0.637. The first kappa shape index (κ1) is 9.71. The van der Waals surface area contributed by atoms with Gasteiger partial charge in [0, 0.05) is 24.6 Å². The van der Waals surface area contributed by atoms with Gasteiger partial charge in [0.25, 0.3) is 0 Å². The standard InChI is InChI=1S/C11H11NO3/c13-10(11(14)15)5-7-6-12-9-4-2-1-3-8(7)9/h1-4,7,12H,5-6H2,(H,14,15). The van der Waals surface area contributed by atoms with Crippen molar-refractivity contribution in [1.82, 2.24) is 0 Å². The molecule has 0 radical (unpaired) electrons. The number of carboxylic acid groups (broad SMARTS) is 1. The number of carbonyl (C=O) groups is 2. The van der Waals surface area contributed by atoms with Crippen molar-refractivity contribution >= 4 is 17.4 Å². The Hall–Kier alpha value is -1.84. The summed E-state index contributed by atoms with van der Waals surface area (Å²) in [5.74, 6) is -2.08. The maximum Gasteiger partial charge on any atom is 0.372 e. The summed E-state index contributed by atoms with van der Waals surface area (Å²) in [4.78, 5) is 21.5. The second-order valence-electron chi connectivity index (χ2n) is 3.60. The monoisotopic (exact) mass is 205 g/mol. The van der Waals surface area contributed by atoms with Gasteiger partial charge in [0.1, 0.15) is 0 Å². The molecule has 1 aromatic rings. The Balaban J connectivity index is 2.14. The third-order valence-electron chi connectivity index (χ3n) is 2.61. The fraction of sp³-hybridized carbons (Fsp3) is 0.273. The van der Waals surface area contributed by atoms with Crippen LogP contribution in [0.2, 0.25) is 0 Å². The summed E-state index contributed by atoms with van der Waals surface area (Å²) in [7, 11) is 0. The van der Waals surface area contributed by atoms with E-state index >= 15 is 0 Å². The summed E-state index contributed by atoms with van der Waals surface area (Å²) in [6.07, 6.45) is 0.0688. The van der Waals surface area contributed by atoms with E-state index < -0.39 is 11.8 Å². The van der Waals surface area contributed by atoms with Gasteiger partial charge in [0.05, 0.1) is 0 Å². The Kier molecular flexibility index (Phi) is 2.41. The number of fused-ring (bicyclic) bond motifs is 1. The van der Waals surface area contributed by atoms with Crippen LogP contribution in [0.1, 0.15) is 17.9 Å². The third-order valence-corrected chi connectivity index (χ3v) is 2.61. The first-order valence-electron chi connectivity index (χ1n) is 4.77. The number of rotatable bonds is 3. The van der Waals surface area contributed by atoms with Gasteiger partial charge in [-0.25, -0.2) is 4.79 Å². The van der Waals surface area contributed by atoms with Crippen molar-refractivity contribution in [1.29, 1.82) is 0 Å². The molecule has 0 bridgehead atoms. The van der Waals surface area contributed by atoms with E-state index in [2.05, 4.69) is 5.32 Å². The highest BCUT2D eigenvalue weighted by molar-refractivity contribution is 6.32. The average molecular weight is 205 g/mol. The maximum atomic E-state index is 11.1. The van der Waals surface area contributed by atoms with Crippen molar-refractivity contribution in [3.63, 3.8) is 0 Å². The van der Waals surface area contributed by atoms with E-state index in [1.54, 1.807) is 0 Å². The van der Waals surface area contributed by atoms with Gasteiger partial charge in [-0.05, 0) is 11.6 Å². The van der Waals surface area contributed by atoms with Crippen LogP contribution in [-0.4, -0.2) is 23.4 Å². The molecule has 1 heterocycles. The zero-order chi connectivity index (χ0) is 10.8. The Morgan fingerprint density at radius 3 is 2.87 bits per heavy atom. The van der Waals surface area contributed by atoms with Crippen molar-refractivity contribution in [2.24, 2.45) is 0 Å². The first-order valence-corrected chi connectivity index (χ1v) is 4.77. The van der Waals surface area contributed by atoms with Crippen LogP contribution in [0.3, 0.4) is 0 Å². The number of hydrogen-bond donors (Lipinski definition) is 2. The molecular formula is C11H11NO3. The maximum absolute atomic E-state index is 11.1. The molecule has 0 fully saturated rings. The fourth-order valence-electron chi connectivity index (χ4n) is 1.85. The molecule has 1 aromatic carbocycles. The molecule has 0 aliphatic carbocycles. The van der Waals surface area contributed by atoms with Crippen LogP contribution < -0.4 is 5.32 Å². The van der Waals surface area contributed by atoms with E-state index in [1.807, 2.05) is 24.3 Å². The number of Topliss-reactive ketones (excluding diaryl/α,β-unsaturated/α-hetero) is 1. The van der Waals surface area contributed by atoms with Crippen molar-refractivity contribution in [3.05, 3.63) is 29.8 Å². The second kappa shape index (κ2) is 3.73. The zero-order valence-electron chi connectivity index (χ0n) is 8.06. The lowest BCUT2D eigenvalue weighted by atomic mass is 9.96. The SMILES string of the molecule is O=C(O)C(=O)CC1CNc2ccccc21. The molecule has 4 nitrogen and oxygen atoms in total. The van der Waals surface area contributed by atoms with E-state index in [4.69, 9.17) is 5.11 Å². The summed E-state index contributed by atoms with van der Waals surface area (Å²) < 4.78 is 0. The summed E-state index contributed by atoms with van der Waals surface area (Å²) in [6, 6.07) is 7.66. The van der Waals surface area contributed by atoms with E-state index in [-0.39, 0.29) is 12.3 Å². The molecule has 0 saturated heterocycles. The van der Waals surface area contributed by atoms with Crippen molar-refractivity contribution in [3.8, 4) is 0 Å². The molecule has 0 saturated carbocycles. The smallest absolute Gasteiger partial charge is 0.372 e. The van der Waals surface area contributed by atoms with Crippen molar-refractivity contribution in [2.45, 2.75) is 12.3 Å². The third kappa shape index (κ3) is 1.83.